The third-order valence-electron chi connectivity index (χ3n) is 11.1. The third-order valence-corrected chi connectivity index (χ3v) is 11.1. The lowest BCUT2D eigenvalue weighted by molar-refractivity contribution is -0.143. The molecule has 0 saturated carbocycles. The van der Waals surface area contributed by atoms with Crippen LogP contribution in [0.1, 0.15) is 245 Å². The van der Waals surface area contributed by atoms with E-state index in [0.29, 0.717) is 19.4 Å². The van der Waals surface area contributed by atoms with Gasteiger partial charge in [0.25, 0.3) is 0 Å². The largest absolute Gasteiger partial charge is 0.466 e. The minimum absolute atomic E-state index is 0.0269. The molecule has 0 bridgehead atoms. The van der Waals surface area contributed by atoms with E-state index in [9.17, 15) is 19.8 Å². The monoisotopic (exact) mass is 814 g/mol. The number of rotatable bonds is 45. The Labute approximate surface area is 359 Å². The van der Waals surface area contributed by atoms with Crippen molar-refractivity contribution in [2.75, 3.05) is 13.2 Å². The molecule has 0 heterocycles. The molecule has 0 aliphatic rings. The number of carbonyl (C=O) groups excluding carboxylic acids is 2. The summed E-state index contributed by atoms with van der Waals surface area (Å²) in [5.74, 6) is -0.114. The molecule has 3 N–H and O–H groups in total. The minimum atomic E-state index is -0.854. The number of aliphatic hydroxyl groups excluding tert-OH is 2. The van der Waals surface area contributed by atoms with Crippen molar-refractivity contribution in [3.8, 4) is 0 Å². The Kier molecular flexibility index (Phi) is 45.7. The number of amides is 1. The van der Waals surface area contributed by atoms with Gasteiger partial charge in [0.2, 0.25) is 5.91 Å². The average molecular weight is 814 g/mol. The Bertz CT molecular complexity index is 988. The Hall–Kier alpha value is -2.18. The van der Waals surface area contributed by atoms with E-state index in [0.717, 1.165) is 83.5 Å². The number of nitrogens with one attached hydrogen (secondary N) is 1. The van der Waals surface area contributed by atoms with Crippen molar-refractivity contribution >= 4 is 11.9 Å². The van der Waals surface area contributed by atoms with E-state index in [1.165, 1.54) is 135 Å². The van der Waals surface area contributed by atoms with Gasteiger partial charge in [0.15, 0.2) is 0 Å². The number of hydrogen-bond donors (Lipinski definition) is 3. The molecule has 0 aromatic carbocycles. The van der Waals surface area contributed by atoms with Crippen LogP contribution in [0.3, 0.4) is 0 Å². The van der Waals surface area contributed by atoms with Gasteiger partial charge in [-0.2, -0.15) is 0 Å². The average Bonchev–Trinajstić information content (AvgIpc) is 3.22. The summed E-state index contributed by atoms with van der Waals surface area (Å²) in [6, 6.07) is -0.639. The van der Waals surface area contributed by atoms with Gasteiger partial charge in [-0.1, -0.05) is 184 Å². The summed E-state index contributed by atoms with van der Waals surface area (Å²) in [4.78, 5) is 24.4. The third kappa shape index (κ3) is 43.4. The van der Waals surface area contributed by atoms with Crippen LogP contribution in [0.25, 0.3) is 0 Å². The second-order valence-corrected chi connectivity index (χ2v) is 16.8. The van der Waals surface area contributed by atoms with Crippen LogP contribution in [0.4, 0.5) is 0 Å². The van der Waals surface area contributed by atoms with Crippen LogP contribution in [0.2, 0.25) is 0 Å². The molecule has 0 fully saturated rings. The van der Waals surface area contributed by atoms with Crippen molar-refractivity contribution in [3.05, 3.63) is 48.6 Å². The maximum Gasteiger partial charge on any atom is 0.305 e. The van der Waals surface area contributed by atoms with E-state index in [1.54, 1.807) is 6.08 Å². The normalized spacial score (nSPS) is 13.1. The highest BCUT2D eigenvalue weighted by atomic mass is 16.5. The van der Waals surface area contributed by atoms with E-state index < -0.39 is 12.1 Å². The molecule has 0 aromatic rings. The van der Waals surface area contributed by atoms with Crippen molar-refractivity contribution in [2.24, 2.45) is 0 Å². The predicted molar refractivity (Wildman–Crippen MR) is 250 cm³/mol. The second-order valence-electron chi connectivity index (χ2n) is 16.8. The Morgan fingerprint density at radius 3 is 1.34 bits per heavy atom. The van der Waals surface area contributed by atoms with Gasteiger partial charge < -0.3 is 20.3 Å². The maximum atomic E-state index is 12.4. The van der Waals surface area contributed by atoms with Gasteiger partial charge in [-0.3, -0.25) is 9.59 Å². The molecule has 2 atom stereocenters. The molecule has 0 aliphatic heterocycles. The zero-order valence-corrected chi connectivity index (χ0v) is 38.3. The summed E-state index contributed by atoms with van der Waals surface area (Å²) in [6.07, 6.45) is 58.2. The summed E-state index contributed by atoms with van der Waals surface area (Å²) in [7, 11) is 0. The smallest absolute Gasteiger partial charge is 0.305 e. The van der Waals surface area contributed by atoms with Gasteiger partial charge >= 0.3 is 5.97 Å². The number of carbonyl (C=O) groups is 2. The fourth-order valence-electron chi connectivity index (χ4n) is 7.18. The molecule has 0 aliphatic carbocycles. The summed E-state index contributed by atoms with van der Waals surface area (Å²) < 4.78 is 5.43. The van der Waals surface area contributed by atoms with Gasteiger partial charge in [-0.25, -0.2) is 0 Å². The molecular formula is C52H95NO5. The number of hydrogen-bond acceptors (Lipinski definition) is 5. The Balaban J connectivity index is 3.54. The molecule has 6 nitrogen and oxygen atoms in total. The summed E-state index contributed by atoms with van der Waals surface area (Å²) in [5, 5.41) is 22.9. The lowest BCUT2D eigenvalue weighted by atomic mass is 10.1. The number of ether oxygens (including phenoxy) is 1. The summed E-state index contributed by atoms with van der Waals surface area (Å²) in [6.45, 7) is 4.81. The molecule has 1 amide bonds. The highest BCUT2D eigenvalue weighted by Crippen LogP contribution is 2.14. The Morgan fingerprint density at radius 2 is 0.862 bits per heavy atom. The highest BCUT2D eigenvalue weighted by Gasteiger charge is 2.18. The van der Waals surface area contributed by atoms with Gasteiger partial charge in [-0.05, 0) is 96.3 Å². The fourth-order valence-corrected chi connectivity index (χ4v) is 7.18. The van der Waals surface area contributed by atoms with Crippen LogP contribution in [0, 0.1) is 0 Å². The molecule has 0 saturated heterocycles. The number of unbranched alkanes of at least 4 members (excludes halogenated alkanes) is 28. The lowest BCUT2D eigenvalue weighted by Gasteiger charge is -2.20. The van der Waals surface area contributed by atoms with Gasteiger partial charge in [0, 0.05) is 12.8 Å². The van der Waals surface area contributed by atoms with Crippen molar-refractivity contribution < 1.29 is 24.5 Å². The van der Waals surface area contributed by atoms with Crippen LogP contribution in [-0.4, -0.2) is 47.4 Å². The first-order valence-corrected chi connectivity index (χ1v) is 24.9. The summed E-state index contributed by atoms with van der Waals surface area (Å²) in [5.41, 5.74) is 0. The highest BCUT2D eigenvalue weighted by molar-refractivity contribution is 5.76. The zero-order chi connectivity index (χ0) is 42.3. The van der Waals surface area contributed by atoms with Crippen LogP contribution in [0.5, 0.6) is 0 Å². The molecule has 0 rings (SSSR count). The van der Waals surface area contributed by atoms with Crippen LogP contribution < -0.4 is 5.32 Å². The molecule has 6 heteroatoms. The standard InChI is InChI=1S/C52H95NO5/c1-3-5-7-9-11-13-15-21-26-30-34-38-42-46-52(57)58-47-43-39-35-31-27-23-20-18-16-17-19-22-25-29-33-37-41-45-51(56)53-49(48-54)50(55)44-40-36-32-28-24-14-12-10-8-6-4-2/h13,15-16,18,23,27,40,44,49-50,54-55H,3-12,14,17,19-22,24-26,28-39,41-43,45-48H2,1-2H3,(H,53,56)/b15-13-,18-16-,27-23-,44-40+. The van der Waals surface area contributed by atoms with E-state index in [1.807, 2.05) is 6.08 Å². The van der Waals surface area contributed by atoms with Crippen LogP contribution in [0.15, 0.2) is 48.6 Å². The van der Waals surface area contributed by atoms with Crippen molar-refractivity contribution in [2.45, 2.75) is 257 Å². The topological polar surface area (TPSA) is 95.9 Å². The van der Waals surface area contributed by atoms with Crippen LogP contribution in [-0.2, 0) is 14.3 Å². The minimum Gasteiger partial charge on any atom is -0.466 e. The first kappa shape index (κ1) is 55.8. The number of allylic oxidation sites excluding steroid dienone is 7. The molecular weight excluding hydrogens is 719 g/mol. The van der Waals surface area contributed by atoms with Crippen LogP contribution >= 0.6 is 0 Å². The van der Waals surface area contributed by atoms with Gasteiger partial charge in [0.1, 0.15) is 0 Å². The Morgan fingerprint density at radius 1 is 0.483 bits per heavy atom. The molecule has 0 aromatic heterocycles. The number of aliphatic hydroxyl groups is 2. The molecule has 0 radical (unpaired) electrons. The fraction of sp³-hybridized carbons (Fsp3) is 0.808. The van der Waals surface area contributed by atoms with E-state index >= 15 is 0 Å². The quantitative estimate of drug-likeness (QED) is 0.0323. The van der Waals surface area contributed by atoms with Crippen molar-refractivity contribution in [1.29, 1.82) is 0 Å². The predicted octanol–water partition coefficient (Wildman–Crippen LogP) is 14.7. The summed E-state index contributed by atoms with van der Waals surface area (Å²) >= 11 is 0. The molecule has 0 spiro atoms. The van der Waals surface area contributed by atoms with E-state index in [2.05, 4.69) is 55.6 Å². The first-order chi connectivity index (χ1) is 28.5. The molecule has 2 unspecified atom stereocenters. The SMILES string of the molecule is CCCCCC/C=C\CCCCCCCC(=O)OCCCCC/C=C\C/C=C\CCCCCCCCCC(=O)NC(CO)C(O)/C=C/CCCCCCCCCCC. The van der Waals surface area contributed by atoms with Gasteiger partial charge in [0.05, 0.1) is 25.4 Å². The molecule has 338 valence electrons. The zero-order valence-electron chi connectivity index (χ0n) is 38.3. The van der Waals surface area contributed by atoms with Crippen molar-refractivity contribution in [1.82, 2.24) is 5.32 Å². The van der Waals surface area contributed by atoms with E-state index in [-0.39, 0.29) is 18.5 Å². The lowest BCUT2D eigenvalue weighted by Crippen LogP contribution is -2.45. The molecule has 58 heavy (non-hydrogen) atoms. The van der Waals surface area contributed by atoms with E-state index in [4.69, 9.17) is 4.74 Å². The first-order valence-electron chi connectivity index (χ1n) is 24.9. The number of esters is 1. The second kappa shape index (κ2) is 47.5. The van der Waals surface area contributed by atoms with Crippen molar-refractivity contribution in [3.63, 3.8) is 0 Å². The maximum absolute atomic E-state index is 12.4. The van der Waals surface area contributed by atoms with Gasteiger partial charge in [-0.15, -0.1) is 0 Å².